The fourth-order valence-electron chi connectivity index (χ4n) is 1.17. The molecule has 17 heavy (non-hydrogen) atoms. The summed E-state index contributed by atoms with van der Waals surface area (Å²) in [5, 5.41) is 11.7. The lowest BCUT2D eigenvalue weighted by Crippen LogP contribution is -2.11. The molecule has 0 aliphatic carbocycles. The molecule has 0 saturated carbocycles. The first-order chi connectivity index (χ1) is 7.89. The zero-order valence-electron chi connectivity index (χ0n) is 7.99. The standard InChI is InChI=1S/C9H4F3NO3S/c10-9(11,12)6-5(8(14)15)16-7(13-6)4-1-2-17-3-4/h1-3H,(H,14,15). The highest BCUT2D eigenvalue weighted by molar-refractivity contribution is 7.08. The van der Waals surface area contributed by atoms with Gasteiger partial charge in [0.15, 0.2) is 5.69 Å². The summed E-state index contributed by atoms with van der Waals surface area (Å²) < 4.78 is 42.1. The first kappa shape index (κ1) is 11.6. The molecule has 8 heteroatoms. The van der Waals surface area contributed by atoms with E-state index in [2.05, 4.69) is 9.40 Å². The number of hydrogen-bond donors (Lipinski definition) is 1. The van der Waals surface area contributed by atoms with E-state index in [1.807, 2.05) is 0 Å². The van der Waals surface area contributed by atoms with Gasteiger partial charge in [-0.3, -0.25) is 0 Å². The second-order valence-electron chi connectivity index (χ2n) is 3.01. The molecule has 0 amide bonds. The van der Waals surface area contributed by atoms with Crippen molar-refractivity contribution in [1.29, 1.82) is 0 Å². The number of carbonyl (C=O) groups is 1. The topological polar surface area (TPSA) is 63.3 Å². The third kappa shape index (κ3) is 2.16. The molecule has 0 fully saturated rings. The summed E-state index contributed by atoms with van der Waals surface area (Å²) in [6.07, 6.45) is -4.86. The third-order valence-corrected chi connectivity index (χ3v) is 2.54. The summed E-state index contributed by atoms with van der Waals surface area (Å²) in [6.45, 7) is 0. The van der Waals surface area contributed by atoms with Gasteiger partial charge in [-0.1, -0.05) is 0 Å². The minimum absolute atomic E-state index is 0.313. The molecule has 0 aliphatic rings. The van der Waals surface area contributed by atoms with Gasteiger partial charge in [-0.15, -0.1) is 0 Å². The molecular weight excluding hydrogens is 259 g/mol. The number of carboxylic acid groups (broad SMARTS) is 1. The van der Waals surface area contributed by atoms with Crippen LogP contribution in [0.15, 0.2) is 21.2 Å². The Morgan fingerprint density at radius 3 is 2.59 bits per heavy atom. The van der Waals surface area contributed by atoms with Crippen molar-refractivity contribution in [2.75, 3.05) is 0 Å². The van der Waals surface area contributed by atoms with E-state index in [0.29, 0.717) is 5.56 Å². The van der Waals surface area contributed by atoms with E-state index >= 15 is 0 Å². The van der Waals surface area contributed by atoms with Crippen LogP contribution in [0, 0.1) is 0 Å². The van der Waals surface area contributed by atoms with E-state index in [1.54, 1.807) is 5.38 Å². The van der Waals surface area contributed by atoms with Gasteiger partial charge < -0.3 is 9.52 Å². The summed E-state index contributed by atoms with van der Waals surface area (Å²) in [5.41, 5.74) is -1.21. The summed E-state index contributed by atoms with van der Waals surface area (Å²) in [7, 11) is 0. The number of aromatic nitrogens is 1. The van der Waals surface area contributed by atoms with Crippen LogP contribution in [-0.4, -0.2) is 16.1 Å². The summed E-state index contributed by atoms with van der Waals surface area (Å²) in [6, 6.07) is 1.49. The van der Waals surface area contributed by atoms with E-state index in [-0.39, 0.29) is 5.89 Å². The number of thiophene rings is 1. The SMILES string of the molecule is O=C(O)c1oc(-c2ccsc2)nc1C(F)(F)F. The van der Waals surface area contributed by atoms with Crippen molar-refractivity contribution in [3.8, 4) is 11.5 Å². The summed E-state index contributed by atoms with van der Waals surface area (Å²) >= 11 is 1.24. The van der Waals surface area contributed by atoms with Crippen LogP contribution >= 0.6 is 11.3 Å². The molecule has 4 nitrogen and oxygen atoms in total. The van der Waals surface area contributed by atoms with Gasteiger partial charge in [0, 0.05) is 10.9 Å². The maximum Gasteiger partial charge on any atom is 0.437 e. The Balaban J connectivity index is 2.56. The zero-order chi connectivity index (χ0) is 12.6. The lowest BCUT2D eigenvalue weighted by molar-refractivity contribution is -0.141. The van der Waals surface area contributed by atoms with Gasteiger partial charge in [0.2, 0.25) is 11.7 Å². The van der Waals surface area contributed by atoms with Crippen LogP contribution in [0.5, 0.6) is 0 Å². The van der Waals surface area contributed by atoms with Crippen LogP contribution in [0.25, 0.3) is 11.5 Å². The Kier molecular flexibility index (Phi) is 2.66. The van der Waals surface area contributed by atoms with Crippen molar-refractivity contribution in [3.63, 3.8) is 0 Å². The Labute approximate surface area is 96.3 Å². The zero-order valence-corrected chi connectivity index (χ0v) is 8.80. The largest absolute Gasteiger partial charge is 0.475 e. The normalized spacial score (nSPS) is 11.7. The molecule has 0 saturated heterocycles. The molecule has 0 bridgehead atoms. The maximum atomic E-state index is 12.5. The predicted octanol–water partition coefficient (Wildman–Crippen LogP) is 3.12. The Hall–Kier alpha value is -1.83. The van der Waals surface area contributed by atoms with Gasteiger partial charge in [-0.25, -0.2) is 9.78 Å². The van der Waals surface area contributed by atoms with E-state index in [9.17, 15) is 18.0 Å². The van der Waals surface area contributed by atoms with Crippen molar-refractivity contribution in [2.24, 2.45) is 0 Å². The number of carboxylic acids is 1. The number of aromatic carboxylic acids is 1. The average molecular weight is 263 g/mol. The molecule has 0 aromatic carbocycles. The van der Waals surface area contributed by atoms with Crippen LogP contribution in [0.3, 0.4) is 0 Å². The molecule has 2 rings (SSSR count). The van der Waals surface area contributed by atoms with E-state index in [4.69, 9.17) is 5.11 Å². The number of alkyl halides is 3. The van der Waals surface area contributed by atoms with Crippen LogP contribution in [0.1, 0.15) is 16.2 Å². The van der Waals surface area contributed by atoms with Gasteiger partial charge in [-0.2, -0.15) is 24.5 Å². The summed E-state index contributed by atoms with van der Waals surface area (Å²) in [5.74, 6) is -3.35. The van der Waals surface area contributed by atoms with Crippen molar-refractivity contribution in [1.82, 2.24) is 4.98 Å². The maximum absolute atomic E-state index is 12.5. The predicted molar refractivity (Wildman–Crippen MR) is 51.8 cm³/mol. The fourth-order valence-corrected chi connectivity index (χ4v) is 1.80. The van der Waals surface area contributed by atoms with E-state index < -0.39 is 23.6 Å². The molecule has 2 aromatic heterocycles. The number of nitrogens with zero attached hydrogens (tertiary/aromatic N) is 1. The molecule has 0 unspecified atom stereocenters. The summed E-state index contributed by atoms with van der Waals surface area (Å²) in [4.78, 5) is 13.8. The Morgan fingerprint density at radius 1 is 1.47 bits per heavy atom. The number of oxazole rings is 1. The molecular formula is C9H4F3NO3S. The van der Waals surface area contributed by atoms with Crippen molar-refractivity contribution >= 4 is 17.3 Å². The van der Waals surface area contributed by atoms with Crippen molar-refractivity contribution < 1.29 is 27.5 Å². The Bertz CT molecular complexity index is 544. The molecule has 0 radical (unpaired) electrons. The van der Waals surface area contributed by atoms with Crippen LogP contribution in [0.4, 0.5) is 13.2 Å². The third-order valence-electron chi connectivity index (χ3n) is 1.86. The van der Waals surface area contributed by atoms with Crippen molar-refractivity contribution in [2.45, 2.75) is 6.18 Å². The number of halogens is 3. The first-order valence-corrected chi connectivity index (χ1v) is 5.18. The quantitative estimate of drug-likeness (QED) is 0.904. The van der Waals surface area contributed by atoms with E-state index in [1.165, 1.54) is 22.8 Å². The van der Waals surface area contributed by atoms with Gasteiger partial charge in [0.1, 0.15) is 0 Å². The molecule has 90 valence electrons. The molecule has 2 heterocycles. The molecule has 1 N–H and O–H groups in total. The average Bonchev–Trinajstić information content (AvgIpc) is 2.85. The van der Waals surface area contributed by atoms with Gasteiger partial charge in [0.25, 0.3) is 0 Å². The number of rotatable bonds is 2. The Morgan fingerprint density at radius 2 is 2.18 bits per heavy atom. The highest BCUT2D eigenvalue weighted by Gasteiger charge is 2.41. The van der Waals surface area contributed by atoms with Crippen LogP contribution in [-0.2, 0) is 6.18 Å². The van der Waals surface area contributed by atoms with Gasteiger partial charge in [0.05, 0.1) is 0 Å². The smallest absolute Gasteiger partial charge is 0.437 e. The number of hydrogen-bond acceptors (Lipinski definition) is 4. The highest BCUT2D eigenvalue weighted by atomic mass is 32.1. The van der Waals surface area contributed by atoms with Crippen LogP contribution in [0.2, 0.25) is 0 Å². The van der Waals surface area contributed by atoms with Gasteiger partial charge >= 0.3 is 12.1 Å². The van der Waals surface area contributed by atoms with Crippen molar-refractivity contribution in [3.05, 3.63) is 28.3 Å². The van der Waals surface area contributed by atoms with Crippen LogP contribution < -0.4 is 0 Å². The first-order valence-electron chi connectivity index (χ1n) is 4.23. The molecule has 0 spiro atoms. The van der Waals surface area contributed by atoms with E-state index in [0.717, 1.165) is 0 Å². The monoisotopic (exact) mass is 263 g/mol. The minimum atomic E-state index is -4.86. The molecule has 0 aliphatic heterocycles. The molecule has 0 atom stereocenters. The minimum Gasteiger partial charge on any atom is -0.475 e. The lowest BCUT2D eigenvalue weighted by atomic mass is 10.3. The van der Waals surface area contributed by atoms with Gasteiger partial charge in [-0.05, 0) is 11.4 Å². The lowest BCUT2D eigenvalue weighted by Gasteiger charge is -2.00. The second kappa shape index (κ2) is 3.88. The highest BCUT2D eigenvalue weighted by Crippen LogP contribution is 2.34. The second-order valence-corrected chi connectivity index (χ2v) is 3.79. The fraction of sp³-hybridized carbons (Fsp3) is 0.111. The molecule has 2 aromatic rings.